The van der Waals surface area contributed by atoms with Crippen molar-refractivity contribution in [1.29, 1.82) is 0 Å². The SMILES string of the molecule is C=COCCCc1ccc(-c2cc(-c3ccc(C=C)cc3)c3ccc4cc(C(C)(C)C)cc5ccc2c3c45)cc1. The summed E-state index contributed by atoms with van der Waals surface area (Å²) < 4.78 is 5.31. The summed E-state index contributed by atoms with van der Waals surface area (Å²) in [6, 6.07) is 34.3. The Kier molecular flexibility index (Phi) is 6.68. The zero-order chi connectivity index (χ0) is 27.9. The Morgan fingerprint density at radius 2 is 1.25 bits per heavy atom. The highest BCUT2D eigenvalue weighted by molar-refractivity contribution is 6.28. The van der Waals surface area contributed by atoms with Gasteiger partial charge in [0, 0.05) is 0 Å². The van der Waals surface area contributed by atoms with Crippen LogP contribution in [0.4, 0.5) is 0 Å². The van der Waals surface area contributed by atoms with Gasteiger partial charge in [0.05, 0.1) is 12.9 Å². The number of hydrogen-bond acceptors (Lipinski definition) is 1. The van der Waals surface area contributed by atoms with E-state index >= 15 is 0 Å². The number of ether oxygens (including phenoxy) is 1. The van der Waals surface area contributed by atoms with E-state index in [0.29, 0.717) is 6.61 Å². The smallest absolute Gasteiger partial charge is 0.0876 e. The number of benzene rings is 6. The van der Waals surface area contributed by atoms with Crippen LogP contribution in [0.5, 0.6) is 0 Å². The maximum atomic E-state index is 5.31. The first kappa shape index (κ1) is 25.9. The van der Waals surface area contributed by atoms with Crippen LogP contribution >= 0.6 is 0 Å². The normalized spacial score (nSPS) is 11.9. The summed E-state index contributed by atoms with van der Waals surface area (Å²) in [6.07, 6.45) is 5.38. The third kappa shape index (κ3) is 4.67. The zero-order valence-electron chi connectivity index (χ0n) is 23.8. The summed E-state index contributed by atoms with van der Waals surface area (Å²) in [4.78, 5) is 0. The fourth-order valence-electron chi connectivity index (χ4n) is 5.92. The van der Waals surface area contributed by atoms with E-state index in [1.165, 1.54) is 72.0 Å². The van der Waals surface area contributed by atoms with Gasteiger partial charge in [0.15, 0.2) is 0 Å². The van der Waals surface area contributed by atoms with Crippen molar-refractivity contribution in [2.24, 2.45) is 0 Å². The molecule has 1 nitrogen and oxygen atoms in total. The van der Waals surface area contributed by atoms with Crippen molar-refractivity contribution < 1.29 is 4.74 Å². The largest absolute Gasteiger partial charge is 0.502 e. The first-order chi connectivity index (χ1) is 19.4. The van der Waals surface area contributed by atoms with Crippen LogP contribution in [-0.2, 0) is 16.6 Å². The Bertz CT molecular complexity index is 1810. The molecule has 0 bridgehead atoms. The minimum Gasteiger partial charge on any atom is -0.502 e. The Labute approximate surface area is 237 Å². The van der Waals surface area contributed by atoms with Gasteiger partial charge in [-0.05, 0) is 95.6 Å². The Balaban J connectivity index is 1.58. The fourth-order valence-corrected chi connectivity index (χ4v) is 5.92. The molecule has 0 aromatic heterocycles. The lowest BCUT2D eigenvalue weighted by Crippen LogP contribution is -2.10. The van der Waals surface area contributed by atoms with Crippen molar-refractivity contribution in [3.63, 3.8) is 0 Å². The molecule has 0 amide bonds. The summed E-state index contributed by atoms with van der Waals surface area (Å²) in [5, 5.41) is 7.92. The van der Waals surface area contributed by atoms with Crippen LogP contribution in [0.15, 0.2) is 110 Å². The van der Waals surface area contributed by atoms with Gasteiger partial charge in [-0.3, -0.25) is 0 Å². The number of hydrogen-bond donors (Lipinski definition) is 0. The maximum absolute atomic E-state index is 5.31. The Morgan fingerprint density at radius 1 is 0.675 bits per heavy atom. The molecule has 0 fully saturated rings. The van der Waals surface area contributed by atoms with Gasteiger partial charge in [0.25, 0.3) is 0 Å². The fraction of sp³-hybridized carbons (Fsp3) is 0.179. The average Bonchev–Trinajstić information content (AvgIpc) is 2.97. The van der Waals surface area contributed by atoms with Gasteiger partial charge >= 0.3 is 0 Å². The molecule has 0 aliphatic heterocycles. The first-order valence-electron chi connectivity index (χ1n) is 14.2. The van der Waals surface area contributed by atoms with Crippen molar-refractivity contribution in [2.75, 3.05) is 6.61 Å². The summed E-state index contributed by atoms with van der Waals surface area (Å²) >= 11 is 0. The van der Waals surface area contributed by atoms with Crippen LogP contribution < -0.4 is 0 Å². The Morgan fingerprint density at radius 3 is 1.77 bits per heavy atom. The van der Waals surface area contributed by atoms with Crippen LogP contribution in [0, 0.1) is 0 Å². The predicted octanol–water partition coefficient (Wildman–Crippen LogP) is 11.0. The average molecular weight is 521 g/mol. The van der Waals surface area contributed by atoms with Gasteiger partial charge in [-0.15, -0.1) is 0 Å². The second-order valence-corrected chi connectivity index (χ2v) is 11.8. The van der Waals surface area contributed by atoms with Gasteiger partial charge in [0.1, 0.15) is 0 Å². The van der Waals surface area contributed by atoms with Crippen LogP contribution in [0.2, 0.25) is 0 Å². The molecule has 0 N–H and O–H groups in total. The molecule has 0 atom stereocenters. The van der Waals surface area contributed by atoms with E-state index in [2.05, 4.69) is 125 Å². The summed E-state index contributed by atoms with van der Waals surface area (Å²) in [5.41, 5.74) is 8.90. The zero-order valence-corrected chi connectivity index (χ0v) is 23.8. The molecule has 0 aliphatic carbocycles. The van der Waals surface area contributed by atoms with Gasteiger partial charge in [-0.1, -0.05) is 125 Å². The summed E-state index contributed by atoms with van der Waals surface area (Å²) in [7, 11) is 0. The minimum absolute atomic E-state index is 0.0905. The van der Waals surface area contributed by atoms with Crippen LogP contribution in [0.3, 0.4) is 0 Å². The Hall–Kier alpha value is -4.36. The third-order valence-corrected chi connectivity index (χ3v) is 8.15. The van der Waals surface area contributed by atoms with Gasteiger partial charge < -0.3 is 4.74 Å². The second-order valence-electron chi connectivity index (χ2n) is 11.8. The van der Waals surface area contributed by atoms with Gasteiger partial charge in [0.2, 0.25) is 0 Å². The molecule has 0 saturated carbocycles. The van der Waals surface area contributed by atoms with E-state index in [9.17, 15) is 0 Å². The third-order valence-electron chi connectivity index (χ3n) is 8.15. The molecule has 6 aromatic carbocycles. The van der Waals surface area contributed by atoms with E-state index in [0.717, 1.165) is 18.4 Å². The maximum Gasteiger partial charge on any atom is 0.0876 e. The molecule has 0 radical (unpaired) electrons. The summed E-state index contributed by atoms with van der Waals surface area (Å²) in [5.74, 6) is 0. The number of rotatable bonds is 8. The summed E-state index contributed by atoms with van der Waals surface area (Å²) in [6.45, 7) is 15.1. The molecule has 6 aromatic rings. The monoisotopic (exact) mass is 520 g/mol. The second kappa shape index (κ2) is 10.3. The van der Waals surface area contributed by atoms with Crippen LogP contribution in [-0.4, -0.2) is 6.61 Å². The molecule has 0 saturated heterocycles. The predicted molar refractivity (Wildman–Crippen MR) is 174 cm³/mol. The van der Waals surface area contributed by atoms with Gasteiger partial charge in [-0.2, -0.15) is 0 Å². The molecule has 198 valence electrons. The van der Waals surface area contributed by atoms with E-state index in [4.69, 9.17) is 4.74 Å². The molecule has 0 aliphatic rings. The van der Waals surface area contributed by atoms with Crippen molar-refractivity contribution in [2.45, 2.75) is 39.0 Å². The highest BCUT2D eigenvalue weighted by Crippen LogP contribution is 2.45. The van der Waals surface area contributed by atoms with Crippen molar-refractivity contribution in [3.05, 3.63) is 127 Å². The van der Waals surface area contributed by atoms with Gasteiger partial charge in [-0.25, -0.2) is 0 Å². The van der Waals surface area contributed by atoms with Crippen molar-refractivity contribution >= 4 is 38.4 Å². The van der Waals surface area contributed by atoms with E-state index in [1.54, 1.807) is 0 Å². The molecular formula is C39H36O. The molecule has 0 heterocycles. The first-order valence-corrected chi connectivity index (χ1v) is 14.2. The number of aryl methyl sites for hydroxylation is 1. The molecule has 0 unspecified atom stereocenters. The van der Waals surface area contributed by atoms with E-state index in [1.807, 2.05) is 6.08 Å². The molecule has 0 spiro atoms. The lowest BCUT2D eigenvalue weighted by Gasteiger charge is -2.23. The molecule has 1 heteroatoms. The lowest BCUT2D eigenvalue weighted by molar-refractivity contribution is 0.246. The standard InChI is InChI=1S/C39H36O/c1-6-26-10-14-28(15-11-26)35-25-36(29-16-12-27(13-17-29)9-8-22-40-7-2)34-21-19-31-24-32(39(3,4)5)23-30-18-20-33(35)38(34)37(30)31/h6-7,10-21,23-25H,1-2,8-9,22H2,3-5H3. The van der Waals surface area contributed by atoms with Crippen molar-refractivity contribution in [3.8, 4) is 22.3 Å². The topological polar surface area (TPSA) is 9.23 Å². The highest BCUT2D eigenvalue weighted by atomic mass is 16.5. The van der Waals surface area contributed by atoms with Crippen LogP contribution in [0.25, 0.3) is 60.6 Å². The minimum atomic E-state index is 0.0905. The quantitative estimate of drug-likeness (QED) is 0.110. The van der Waals surface area contributed by atoms with E-state index in [-0.39, 0.29) is 5.41 Å². The molecular weight excluding hydrogens is 484 g/mol. The molecule has 6 rings (SSSR count). The van der Waals surface area contributed by atoms with E-state index < -0.39 is 0 Å². The van der Waals surface area contributed by atoms with Crippen LogP contribution in [0.1, 0.15) is 43.9 Å². The highest BCUT2D eigenvalue weighted by Gasteiger charge is 2.20. The van der Waals surface area contributed by atoms with Crippen molar-refractivity contribution in [1.82, 2.24) is 0 Å². The lowest BCUT2D eigenvalue weighted by atomic mass is 9.81. The molecule has 40 heavy (non-hydrogen) atoms.